The van der Waals surface area contributed by atoms with Gasteiger partial charge in [0.2, 0.25) is 0 Å². The fourth-order valence-corrected chi connectivity index (χ4v) is 6.92. The number of piperazine rings is 1. The van der Waals surface area contributed by atoms with E-state index in [1.165, 1.54) is 40.5 Å². The molecular formula is C30H27BrF2N6O5S. The third-order valence-corrected chi connectivity index (χ3v) is 9.28. The molecule has 0 spiro atoms. The van der Waals surface area contributed by atoms with Crippen LogP contribution in [0.2, 0.25) is 0 Å². The first-order valence-electron chi connectivity index (χ1n) is 14.1. The molecule has 0 bridgehead atoms. The Morgan fingerprint density at radius 3 is 2.69 bits per heavy atom. The molecule has 0 radical (unpaired) electrons. The lowest BCUT2D eigenvalue weighted by Gasteiger charge is -2.38. The smallest absolute Gasteiger partial charge is 0.338 e. The molecule has 4 heterocycles. The number of fused-ring (bicyclic) bond motifs is 1. The summed E-state index contributed by atoms with van der Waals surface area (Å²) in [5.41, 5.74) is 1.20. The van der Waals surface area contributed by atoms with Gasteiger partial charge in [0.25, 0.3) is 0 Å². The molecule has 15 heteroatoms. The van der Waals surface area contributed by atoms with Gasteiger partial charge in [0.05, 0.1) is 29.5 Å². The number of amidine groups is 1. The van der Waals surface area contributed by atoms with E-state index >= 15 is 0 Å². The molecular weight excluding hydrogens is 674 g/mol. The largest absolute Gasteiger partial charge is 0.478 e. The SMILES string of the molecule is CCOC(=O)C1=C(CN2CCN3C(=O)N(c4ccc(C(=O)O)cc4F)C[C@@H]3C2)NC(c2nccs2)=NC1c1ccc(F)cc1Br. The van der Waals surface area contributed by atoms with Gasteiger partial charge in [-0.2, -0.15) is 0 Å². The summed E-state index contributed by atoms with van der Waals surface area (Å²) >= 11 is 4.81. The number of urea groups is 1. The zero-order valence-electron chi connectivity index (χ0n) is 23.9. The lowest BCUT2D eigenvalue weighted by molar-refractivity contribution is -0.139. The maximum Gasteiger partial charge on any atom is 0.338 e. The molecule has 2 N–H and O–H groups in total. The second-order valence-corrected chi connectivity index (χ2v) is 12.3. The Hall–Kier alpha value is -4.21. The van der Waals surface area contributed by atoms with E-state index in [0.717, 1.165) is 6.07 Å². The maximum atomic E-state index is 14.9. The van der Waals surface area contributed by atoms with Gasteiger partial charge in [-0.25, -0.2) is 28.1 Å². The van der Waals surface area contributed by atoms with Crippen LogP contribution in [0, 0.1) is 11.6 Å². The fourth-order valence-electron chi connectivity index (χ4n) is 5.77. The zero-order valence-corrected chi connectivity index (χ0v) is 26.3. The van der Waals surface area contributed by atoms with Crippen LogP contribution < -0.4 is 10.2 Å². The van der Waals surface area contributed by atoms with Crippen LogP contribution in [-0.4, -0.2) is 89.1 Å². The van der Waals surface area contributed by atoms with Crippen molar-refractivity contribution in [2.75, 3.05) is 44.2 Å². The normalized spacial score (nSPS) is 20.2. The maximum absolute atomic E-state index is 14.9. The van der Waals surface area contributed by atoms with Crippen molar-refractivity contribution in [2.45, 2.75) is 19.0 Å². The van der Waals surface area contributed by atoms with E-state index in [1.54, 1.807) is 24.1 Å². The van der Waals surface area contributed by atoms with E-state index in [9.17, 15) is 28.3 Å². The molecule has 234 valence electrons. The second-order valence-electron chi connectivity index (χ2n) is 10.6. The lowest BCUT2D eigenvalue weighted by Crippen LogP contribution is -2.53. The van der Waals surface area contributed by atoms with Gasteiger partial charge in [-0.15, -0.1) is 11.3 Å². The summed E-state index contributed by atoms with van der Waals surface area (Å²) in [4.78, 5) is 52.3. The number of benzene rings is 2. The third-order valence-electron chi connectivity index (χ3n) is 7.82. The Labute approximate surface area is 268 Å². The van der Waals surface area contributed by atoms with Crippen LogP contribution in [0.3, 0.4) is 0 Å². The Kier molecular flexibility index (Phi) is 8.66. The Morgan fingerprint density at radius 2 is 2.00 bits per heavy atom. The quantitative estimate of drug-likeness (QED) is 0.331. The lowest BCUT2D eigenvalue weighted by atomic mass is 9.95. The number of aromatic carboxylic acids is 1. The van der Waals surface area contributed by atoms with Gasteiger partial charge in [-0.1, -0.05) is 22.0 Å². The molecule has 2 amide bonds. The van der Waals surface area contributed by atoms with Gasteiger partial charge >= 0.3 is 18.0 Å². The molecule has 3 aromatic rings. The number of anilines is 1. The van der Waals surface area contributed by atoms with Crippen molar-refractivity contribution in [1.29, 1.82) is 0 Å². The number of rotatable bonds is 8. The minimum absolute atomic E-state index is 0.0178. The van der Waals surface area contributed by atoms with Crippen molar-refractivity contribution in [1.82, 2.24) is 20.1 Å². The van der Waals surface area contributed by atoms with Gasteiger partial charge in [0.15, 0.2) is 10.8 Å². The van der Waals surface area contributed by atoms with Crippen LogP contribution in [0.25, 0.3) is 0 Å². The molecule has 11 nitrogen and oxygen atoms in total. The van der Waals surface area contributed by atoms with E-state index in [1.807, 2.05) is 5.38 Å². The molecule has 0 saturated carbocycles. The zero-order chi connectivity index (χ0) is 31.8. The van der Waals surface area contributed by atoms with Crippen LogP contribution in [0.5, 0.6) is 0 Å². The first kappa shape index (κ1) is 30.8. The highest BCUT2D eigenvalue weighted by Gasteiger charge is 2.43. The molecule has 2 aromatic carbocycles. The number of hydrogen-bond donors (Lipinski definition) is 2. The molecule has 45 heavy (non-hydrogen) atoms. The average Bonchev–Trinajstić information content (AvgIpc) is 3.65. The molecule has 1 unspecified atom stereocenters. The number of aliphatic imine (C=N–C) groups is 1. The van der Waals surface area contributed by atoms with Crippen molar-refractivity contribution >= 4 is 56.8 Å². The molecule has 2 atom stereocenters. The number of nitrogens with zero attached hydrogens (tertiary/aromatic N) is 5. The Morgan fingerprint density at radius 1 is 1.18 bits per heavy atom. The first-order valence-corrected chi connectivity index (χ1v) is 15.7. The van der Waals surface area contributed by atoms with Gasteiger partial charge in [-0.05, 0) is 42.8 Å². The summed E-state index contributed by atoms with van der Waals surface area (Å²) in [6, 6.07) is 6.23. The van der Waals surface area contributed by atoms with E-state index in [0.29, 0.717) is 46.2 Å². The number of carbonyl (C=O) groups excluding carboxylic acids is 2. The molecule has 3 aliphatic heterocycles. The van der Waals surface area contributed by atoms with E-state index < -0.39 is 29.6 Å². The molecule has 1 aromatic heterocycles. The second kappa shape index (κ2) is 12.7. The van der Waals surface area contributed by atoms with Gasteiger partial charge < -0.3 is 20.1 Å². The highest BCUT2D eigenvalue weighted by Crippen LogP contribution is 2.37. The van der Waals surface area contributed by atoms with Crippen LogP contribution in [0.1, 0.15) is 33.9 Å². The number of carbonyl (C=O) groups is 3. The first-order chi connectivity index (χ1) is 21.6. The highest BCUT2D eigenvalue weighted by atomic mass is 79.9. The molecule has 3 aliphatic rings. The van der Waals surface area contributed by atoms with Crippen LogP contribution >= 0.6 is 27.3 Å². The van der Waals surface area contributed by atoms with Gasteiger partial charge in [0.1, 0.15) is 17.7 Å². The number of thiazole rings is 1. The topological polar surface area (TPSA) is 128 Å². The van der Waals surface area contributed by atoms with Gasteiger partial charge in [0, 0.05) is 54.5 Å². The van der Waals surface area contributed by atoms with Crippen molar-refractivity contribution in [3.8, 4) is 0 Å². The van der Waals surface area contributed by atoms with Crippen molar-refractivity contribution < 1.29 is 33.0 Å². The van der Waals surface area contributed by atoms with Crippen LogP contribution in [0.15, 0.2) is 68.7 Å². The van der Waals surface area contributed by atoms with Crippen molar-refractivity contribution in [3.63, 3.8) is 0 Å². The number of hydrogen-bond acceptors (Lipinski definition) is 9. The Bertz CT molecular complexity index is 1740. The highest BCUT2D eigenvalue weighted by molar-refractivity contribution is 9.10. The molecule has 2 fully saturated rings. The minimum Gasteiger partial charge on any atom is -0.478 e. The molecule has 0 aliphatic carbocycles. The number of amides is 2. The summed E-state index contributed by atoms with van der Waals surface area (Å²) in [6.07, 6.45) is 1.65. The predicted molar refractivity (Wildman–Crippen MR) is 165 cm³/mol. The summed E-state index contributed by atoms with van der Waals surface area (Å²) in [5.74, 6) is -2.60. The summed E-state index contributed by atoms with van der Waals surface area (Å²) < 4.78 is 34.8. The monoisotopic (exact) mass is 700 g/mol. The van der Waals surface area contributed by atoms with Crippen LogP contribution in [0.4, 0.5) is 19.3 Å². The summed E-state index contributed by atoms with van der Waals surface area (Å²) in [6.45, 7) is 3.57. The van der Waals surface area contributed by atoms with E-state index in [2.05, 4.69) is 31.1 Å². The van der Waals surface area contributed by atoms with E-state index in [4.69, 9.17) is 9.73 Å². The van der Waals surface area contributed by atoms with E-state index in [-0.39, 0.29) is 48.6 Å². The van der Waals surface area contributed by atoms with Crippen LogP contribution in [-0.2, 0) is 9.53 Å². The third kappa shape index (κ3) is 6.07. The number of esters is 1. The predicted octanol–water partition coefficient (Wildman–Crippen LogP) is 4.42. The number of carboxylic acid groups (broad SMARTS) is 1. The molecule has 2 saturated heterocycles. The number of ether oxygens (including phenoxy) is 1. The number of nitrogens with one attached hydrogen (secondary N) is 1. The summed E-state index contributed by atoms with van der Waals surface area (Å²) in [7, 11) is 0. The minimum atomic E-state index is -1.26. The number of carboxylic acids is 1. The Balaban J connectivity index is 1.30. The number of aromatic nitrogens is 1. The average molecular weight is 702 g/mol. The van der Waals surface area contributed by atoms with Crippen molar-refractivity contribution in [2.24, 2.45) is 4.99 Å². The fraction of sp³-hybridized carbons (Fsp3) is 0.300. The van der Waals surface area contributed by atoms with Crippen molar-refractivity contribution in [3.05, 3.63) is 91.5 Å². The van der Waals surface area contributed by atoms with Gasteiger partial charge in [-0.3, -0.25) is 14.8 Å². The summed E-state index contributed by atoms with van der Waals surface area (Å²) in [5, 5.41) is 14.9. The standard InChI is InChI=1S/C30H27BrF2N6O5S/c1-2-44-29(42)24-22(35-26(27-34-7-10-45-27)36-25(24)19-5-4-17(32)12-20(19)31)15-37-8-9-38-18(13-37)14-39(30(38)43)23-6-3-16(28(40)41)11-21(23)33/h3-7,10-12,18,25H,2,8-9,13-15H2,1H3,(H,35,36)(H,40,41)/t18-,25?/m0/s1. The molecule has 6 rings (SSSR count). The number of halogens is 3.